The minimum absolute atomic E-state index is 0.0750. The van der Waals surface area contributed by atoms with E-state index in [1.807, 2.05) is 0 Å². The molecule has 0 atom stereocenters. The number of hydrogen-bond acceptors (Lipinski definition) is 4. The van der Waals surface area contributed by atoms with Crippen LogP contribution in [0.1, 0.15) is 18.1 Å². The monoisotopic (exact) mass is 391 g/mol. The molecule has 0 amide bonds. The summed E-state index contributed by atoms with van der Waals surface area (Å²) in [7, 11) is 0. The van der Waals surface area contributed by atoms with Gasteiger partial charge in [-0.15, -0.1) is 0 Å². The first-order chi connectivity index (χ1) is 12.5. The highest BCUT2D eigenvalue weighted by molar-refractivity contribution is 5.49. The van der Waals surface area contributed by atoms with Gasteiger partial charge in [-0.25, -0.2) is 18.2 Å². The van der Waals surface area contributed by atoms with Gasteiger partial charge in [0, 0.05) is 31.1 Å². The van der Waals surface area contributed by atoms with Gasteiger partial charge in [0.1, 0.15) is 12.4 Å². The Hall–Kier alpha value is -2.91. The molecule has 0 aliphatic carbocycles. The standard InChI is InChI=1S/C17H15F6N3O/c1-16(19,20)13-6-12(3-4-14(13)18)25-8-11(24)9-27-15-5-2-10(7-26-15)17(21,22)23/h2-8,25H,9,24H2,1H3/b11-8-. The second-order valence-corrected chi connectivity index (χ2v) is 5.62. The highest BCUT2D eigenvalue weighted by atomic mass is 19.4. The smallest absolute Gasteiger partial charge is 0.417 e. The summed E-state index contributed by atoms with van der Waals surface area (Å²) < 4.78 is 82.5. The van der Waals surface area contributed by atoms with Crippen LogP contribution in [0.4, 0.5) is 32.0 Å². The molecule has 0 radical (unpaired) electrons. The number of anilines is 1. The van der Waals surface area contributed by atoms with Gasteiger partial charge in [-0.3, -0.25) is 0 Å². The van der Waals surface area contributed by atoms with Gasteiger partial charge < -0.3 is 15.8 Å². The fraction of sp³-hybridized carbons (Fsp3) is 0.235. The molecule has 0 bridgehead atoms. The minimum Gasteiger partial charge on any atom is -0.471 e. The van der Waals surface area contributed by atoms with Crippen LogP contribution in [0.3, 0.4) is 0 Å². The first kappa shape index (κ1) is 20.4. The van der Waals surface area contributed by atoms with Gasteiger partial charge in [0.2, 0.25) is 5.88 Å². The van der Waals surface area contributed by atoms with E-state index in [1.165, 1.54) is 12.3 Å². The Labute approximate surface area is 150 Å². The number of alkyl halides is 5. The molecule has 2 rings (SSSR count). The lowest BCUT2D eigenvalue weighted by molar-refractivity contribution is -0.137. The lowest BCUT2D eigenvalue weighted by Crippen LogP contribution is -2.13. The van der Waals surface area contributed by atoms with Gasteiger partial charge in [-0.1, -0.05) is 0 Å². The van der Waals surface area contributed by atoms with Crippen molar-refractivity contribution in [3.63, 3.8) is 0 Å². The third-order valence-electron chi connectivity index (χ3n) is 3.31. The molecule has 0 spiro atoms. The lowest BCUT2D eigenvalue weighted by atomic mass is 10.1. The third kappa shape index (κ3) is 5.80. The SMILES string of the molecule is CC(F)(F)c1cc(N/C=C(\N)COc2ccc(C(F)(F)F)cn2)ccc1F. The van der Waals surface area contributed by atoms with Crippen molar-refractivity contribution in [1.29, 1.82) is 0 Å². The van der Waals surface area contributed by atoms with Gasteiger partial charge in [0.25, 0.3) is 5.92 Å². The highest BCUT2D eigenvalue weighted by Crippen LogP contribution is 2.31. The van der Waals surface area contributed by atoms with Crippen molar-refractivity contribution in [2.75, 3.05) is 11.9 Å². The quantitative estimate of drug-likeness (QED) is 0.705. The molecule has 146 valence electrons. The van der Waals surface area contributed by atoms with E-state index in [0.29, 0.717) is 13.1 Å². The molecule has 1 aromatic heterocycles. The average molecular weight is 391 g/mol. The second kappa shape index (κ2) is 7.77. The van der Waals surface area contributed by atoms with Crippen molar-refractivity contribution in [3.05, 3.63) is 65.4 Å². The van der Waals surface area contributed by atoms with E-state index < -0.39 is 29.0 Å². The molecule has 10 heteroatoms. The van der Waals surface area contributed by atoms with E-state index in [-0.39, 0.29) is 23.9 Å². The summed E-state index contributed by atoms with van der Waals surface area (Å²) in [5.41, 5.74) is 4.25. The predicted octanol–water partition coefficient (Wildman–Crippen LogP) is 4.64. The van der Waals surface area contributed by atoms with Gasteiger partial charge in [-0.05, 0) is 24.3 Å². The molecule has 1 heterocycles. The average Bonchev–Trinajstić information content (AvgIpc) is 2.57. The Balaban J connectivity index is 1.97. The normalized spacial score (nSPS) is 12.8. The lowest BCUT2D eigenvalue weighted by Gasteiger charge is -2.13. The third-order valence-corrected chi connectivity index (χ3v) is 3.31. The number of halogens is 6. The van der Waals surface area contributed by atoms with E-state index in [9.17, 15) is 26.3 Å². The largest absolute Gasteiger partial charge is 0.471 e. The number of pyridine rings is 1. The first-order valence-electron chi connectivity index (χ1n) is 7.52. The predicted molar refractivity (Wildman–Crippen MR) is 86.6 cm³/mol. The highest BCUT2D eigenvalue weighted by Gasteiger charge is 2.30. The molecule has 3 N–H and O–H groups in total. The number of nitrogens with one attached hydrogen (secondary N) is 1. The molecular formula is C17H15F6N3O. The molecule has 0 saturated heterocycles. The first-order valence-corrected chi connectivity index (χ1v) is 7.52. The maximum absolute atomic E-state index is 13.4. The molecule has 0 unspecified atom stereocenters. The Morgan fingerprint density at radius 3 is 2.44 bits per heavy atom. The fourth-order valence-corrected chi connectivity index (χ4v) is 1.96. The Kier molecular flexibility index (Phi) is 5.87. The summed E-state index contributed by atoms with van der Waals surface area (Å²) in [4.78, 5) is 3.51. The summed E-state index contributed by atoms with van der Waals surface area (Å²) >= 11 is 0. The van der Waals surface area contributed by atoms with Crippen LogP contribution in [0.15, 0.2) is 48.4 Å². The van der Waals surface area contributed by atoms with Crippen LogP contribution in [-0.4, -0.2) is 11.6 Å². The van der Waals surface area contributed by atoms with E-state index >= 15 is 0 Å². The zero-order valence-corrected chi connectivity index (χ0v) is 13.9. The summed E-state index contributed by atoms with van der Waals surface area (Å²) in [6, 6.07) is 4.93. The van der Waals surface area contributed by atoms with Crippen molar-refractivity contribution < 1.29 is 31.1 Å². The number of nitrogens with two attached hydrogens (primary N) is 1. The Morgan fingerprint density at radius 1 is 1.19 bits per heavy atom. The van der Waals surface area contributed by atoms with Crippen LogP contribution in [0.25, 0.3) is 0 Å². The number of hydrogen-bond donors (Lipinski definition) is 2. The van der Waals surface area contributed by atoms with Crippen LogP contribution in [-0.2, 0) is 12.1 Å². The number of nitrogens with zero attached hydrogens (tertiary/aromatic N) is 1. The maximum atomic E-state index is 13.4. The van der Waals surface area contributed by atoms with Crippen molar-refractivity contribution in [3.8, 4) is 5.88 Å². The summed E-state index contributed by atoms with van der Waals surface area (Å²) in [6.07, 6.45) is -2.65. The Morgan fingerprint density at radius 2 is 1.89 bits per heavy atom. The van der Waals surface area contributed by atoms with Crippen LogP contribution in [0.5, 0.6) is 5.88 Å². The van der Waals surface area contributed by atoms with E-state index in [1.54, 1.807) is 0 Å². The fourth-order valence-electron chi connectivity index (χ4n) is 1.96. The van der Waals surface area contributed by atoms with Crippen LogP contribution in [0.2, 0.25) is 0 Å². The van der Waals surface area contributed by atoms with Gasteiger partial charge in [0.05, 0.1) is 16.8 Å². The summed E-state index contributed by atoms with van der Waals surface area (Å²) in [5, 5.41) is 2.61. The van der Waals surface area contributed by atoms with E-state index in [4.69, 9.17) is 10.5 Å². The number of benzene rings is 1. The number of rotatable bonds is 6. The zero-order chi connectivity index (χ0) is 20.2. The maximum Gasteiger partial charge on any atom is 0.417 e. The van der Waals surface area contributed by atoms with Gasteiger partial charge in [0.15, 0.2) is 0 Å². The molecule has 27 heavy (non-hydrogen) atoms. The van der Waals surface area contributed by atoms with E-state index in [0.717, 1.165) is 24.3 Å². The van der Waals surface area contributed by atoms with Crippen LogP contribution >= 0.6 is 0 Å². The van der Waals surface area contributed by atoms with Crippen molar-refractivity contribution >= 4 is 5.69 Å². The summed E-state index contributed by atoms with van der Waals surface area (Å²) in [5.74, 6) is -4.47. The molecule has 0 aliphatic heterocycles. The zero-order valence-electron chi connectivity index (χ0n) is 13.9. The van der Waals surface area contributed by atoms with Crippen molar-refractivity contribution in [2.45, 2.75) is 19.0 Å². The molecular weight excluding hydrogens is 376 g/mol. The molecule has 0 aliphatic rings. The topological polar surface area (TPSA) is 60.2 Å². The summed E-state index contributed by atoms with van der Waals surface area (Å²) in [6.45, 7) is 0.355. The number of aromatic nitrogens is 1. The molecule has 1 aromatic carbocycles. The molecule has 0 saturated carbocycles. The molecule has 4 nitrogen and oxygen atoms in total. The second-order valence-electron chi connectivity index (χ2n) is 5.62. The van der Waals surface area contributed by atoms with Crippen molar-refractivity contribution in [1.82, 2.24) is 4.98 Å². The van der Waals surface area contributed by atoms with Gasteiger partial charge >= 0.3 is 6.18 Å². The van der Waals surface area contributed by atoms with E-state index in [2.05, 4.69) is 10.3 Å². The molecule has 2 aromatic rings. The van der Waals surface area contributed by atoms with Crippen molar-refractivity contribution in [2.24, 2.45) is 5.73 Å². The minimum atomic E-state index is -4.50. The Bertz CT molecular complexity index is 813. The van der Waals surface area contributed by atoms with Crippen LogP contribution in [0, 0.1) is 5.82 Å². The van der Waals surface area contributed by atoms with Crippen LogP contribution < -0.4 is 15.8 Å². The van der Waals surface area contributed by atoms with Gasteiger partial charge in [-0.2, -0.15) is 13.2 Å². The molecule has 0 fully saturated rings. The number of ether oxygens (including phenoxy) is 1.